The minimum absolute atomic E-state index is 0.472. The first kappa shape index (κ1) is 15.5. The van der Waals surface area contributed by atoms with Gasteiger partial charge >= 0.3 is 0 Å². The van der Waals surface area contributed by atoms with E-state index in [4.69, 9.17) is 4.74 Å². The molecule has 20 heavy (non-hydrogen) atoms. The molecule has 0 atom stereocenters. The largest absolute Gasteiger partial charge is 0.374 e. The maximum absolute atomic E-state index is 5.91. The summed E-state index contributed by atoms with van der Waals surface area (Å²) in [5, 5.41) is 6.93. The van der Waals surface area contributed by atoms with Crippen molar-refractivity contribution in [3.05, 3.63) is 35.9 Å². The summed E-state index contributed by atoms with van der Waals surface area (Å²) in [6, 6.07) is 10.4. The predicted octanol–water partition coefficient (Wildman–Crippen LogP) is 2.57. The first-order chi connectivity index (χ1) is 9.88. The van der Waals surface area contributed by atoms with Crippen molar-refractivity contribution in [1.82, 2.24) is 10.6 Å². The zero-order valence-corrected chi connectivity index (χ0v) is 12.6. The lowest BCUT2D eigenvalue weighted by Crippen LogP contribution is -2.39. The van der Waals surface area contributed by atoms with Crippen molar-refractivity contribution >= 4 is 0 Å². The second kappa shape index (κ2) is 9.11. The van der Waals surface area contributed by atoms with Gasteiger partial charge in [0.05, 0.1) is 12.7 Å². The summed E-state index contributed by atoms with van der Waals surface area (Å²) >= 11 is 0. The Morgan fingerprint density at radius 1 is 1.05 bits per heavy atom. The Bertz CT molecular complexity index is 349. The highest BCUT2D eigenvalue weighted by Gasteiger charge is 2.29. The molecule has 1 saturated carbocycles. The van der Waals surface area contributed by atoms with Crippen LogP contribution in [0.1, 0.15) is 31.7 Å². The van der Waals surface area contributed by atoms with E-state index in [-0.39, 0.29) is 0 Å². The Hall–Kier alpha value is -0.900. The van der Waals surface area contributed by atoms with E-state index in [9.17, 15) is 0 Å². The zero-order chi connectivity index (χ0) is 14.0. The Morgan fingerprint density at radius 2 is 1.80 bits per heavy atom. The van der Waals surface area contributed by atoms with E-state index in [1.165, 1.54) is 24.8 Å². The molecule has 3 heteroatoms. The summed E-state index contributed by atoms with van der Waals surface area (Å²) in [6.07, 6.45) is 4.10. The van der Waals surface area contributed by atoms with Crippen LogP contribution in [-0.2, 0) is 11.3 Å². The Labute approximate surface area is 123 Å². The Morgan fingerprint density at radius 3 is 2.55 bits per heavy atom. The van der Waals surface area contributed by atoms with Gasteiger partial charge in [0.1, 0.15) is 0 Å². The van der Waals surface area contributed by atoms with Crippen LogP contribution in [-0.4, -0.2) is 32.3 Å². The average Bonchev–Trinajstić information content (AvgIpc) is 2.44. The summed E-state index contributed by atoms with van der Waals surface area (Å²) in [5.41, 5.74) is 1.27. The van der Waals surface area contributed by atoms with Crippen molar-refractivity contribution < 1.29 is 4.74 Å². The monoisotopic (exact) mass is 276 g/mol. The molecule has 0 unspecified atom stereocenters. The van der Waals surface area contributed by atoms with Gasteiger partial charge in [-0.1, -0.05) is 37.3 Å². The van der Waals surface area contributed by atoms with Gasteiger partial charge in [0.2, 0.25) is 0 Å². The van der Waals surface area contributed by atoms with Gasteiger partial charge in [-0.15, -0.1) is 0 Å². The van der Waals surface area contributed by atoms with E-state index < -0.39 is 0 Å². The number of ether oxygens (including phenoxy) is 1. The smallest absolute Gasteiger partial charge is 0.0720 e. The van der Waals surface area contributed by atoms with Crippen molar-refractivity contribution in [3.63, 3.8) is 0 Å². The third-order valence-electron chi connectivity index (χ3n) is 3.86. The molecular weight excluding hydrogens is 248 g/mol. The molecule has 2 rings (SSSR count). The molecule has 0 aromatic heterocycles. The fourth-order valence-electron chi connectivity index (χ4n) is 2.55. The molecule has 0 amide bonds. The molecule has 0 bridgehead atoms. The summed E-state index contributed by atoms with van der Waals surface area (Å²) in [7, 11) is 0. The molecule has 1 aliphatic carbocycles. The quantitative estimate of drug-likeness (QED) is 0.644. The Balaban J connectivity index is 1.44. The average molecular weight is 276 g/mol. The van der Waals surface area contributed by atoms with Crippen LogP contribution in [0.15, 0.2) is 30.3 Å². The second-order valence-corrected chi connectivity index (χ2v) is 5.71. The molecule has 112 valence electrons. The molecule has 0 radical (unpaired) electrons. The maximum Gasteiger partial charge on any atom is 0.0720 e. The van der Waals surface area contributed by atoms with Crippen LogP contribution < -0.4 is 10.6 Å². The summed E-state index contributed by atoms with van der Waals surface area (Å²) in [4.78, 5) is 0. The predicted molar refractivity (Wildman–Crippen MR) is 83.8 cm³/mol. The topological polar surface area (TPSA) is 33.3 Å². The van der Waals surface area contributed by atoms with Gasteiger partial charge in [-0.3, -0.25) is 0 Å². The molecule has 3 nitrogen and oxygen atoms in total. The van der Waals surface area contributed by atoms with Crippen molar-refractivity contribution in [2.24, 2.45) is 5.92 Å². The fraction of sp³-hybridized carbons (Fsp3) is 0.647. The maximum atomic E-state index is 5.91. The third kappa shape index (κ3) is 5.61. The summed E-state index contributed by atoms with van der Waals surface area (Å²) in [5.74, 6) is 0.807. The van der Waals surface area contributed by atoms with Crippen LogP contribution in [0.5, 0.6) is 0 Å². The minimum Gasteiger partial charge on any atom is -0.374 e. The van der Waals surface area contributed by atoms with E-state index in [1.54, 1.807) is 0 Å². The molecule has 1 aromatic rings. The molecule has 2 N–H and O–H groups in total. The van der Waals surface area contributed by atoms with E-state index in [2.05, 4.69) is 41.8 Å². The molecule has 0 saturated heterocycles. The lowest BCUT2D eigenvalue weighted by atomic mass is 9.82. The third-order valence-corrected chi connectivity index (χ3v) is 3.86. The number of hydrogen-bond donors (Lipinski definition) is 2. The van der Waals surface area contributed by atoms with Gasteiger partial charge in [-0.05, 0) is 43.8 Å². The summed E-state index contributed by atoms with van der Waals surface area (Å²) in [6.45, 7) is 7.37. The molecule has 0 aliphatic heterocycles. The number of benzene rings is 1. The second-order valence-electron chi connectivity index (χ2n) is 5.71. The minimum atomic E-state index is 0.472. The number of hydrogen-bond acceptors (Lipinski definition) is 3. The van der Waals surface area contributed by atoms with Gasteiger partial charge in [-0.25, -0.2) is 0 Å². The summed E-state index contributed by atoms with van der Waals surface area (Å²) < 4.78 is 5.91. The molecule has 0 spiro atoms. The lowest BCUT2D eigenvalue weighted by Gasteiger charge is -2.35. The highest BCUT2D eigenvalue weighted by Crippen LogP contribution is 2.30. The van der Waals surface area contributed by atoms with Crippen molar-refractivity contribution in [3.8, 4) is 0 Å². The van der Waals surface area contributed by atoms with Crippen molar-refractivity contribution in [2.75, 3.05) is 26.2 Å². The first-order valence-corrected chi connectivity index (χ1v) is 7.95. The SMILES string of the molecule is CCCNCCNCC1CC(OCc2ccccc2)C1. The van der Waals surface area contributed by atoms with Crippen LogP contribution in [0.25, 0.3) is 0 Å². The van der Waals surface area contributed by atoms with Gasteiger partial charge in [0.25, 0.3) is 0 Å². The van der Waals surface area contributed by atoms with Crippen molar-refractivity contribution in [1.29, 1.82) is 0 Å². The Kier molecular flexibility index (Phi) is 7.06. The van der Waals surface area contributed by atoms with Gasteiger partial charge < -0.3 is 15.4 Å². The number of nitrogens with one attached hydrogen (secondary N) is 2. The van der Waals surface area contributed by atoms with E-state index in [0.29, 0.717) is 6.10 Å². The van der Waals surface area contributed by atoms with Gasteiger partial charge in [0.15, 0.2) is 0 Å². The highest BCUT2D eigenvalue weighted by molar-refractivity contribution is 5.13. The van der Waals surface area contributed by atoms with Crippen LogP contribution >= 0.6 is 0 Å². The van der Waals surface area contributed by atoms with Crippen LogP contribution in [0.2, 0.25) is 0 Å². The van der Waals surface area contributed by atoms with Crippen LogP contribution in [0, 0.1) is 5.92 Å². The lowest BCUT2D eigenvalue weighted by molar-refractivity contribution is -0.0394. The molecule has 1 fully saturated rings. The normalized spacial score (nSPS) is 21.6. The van der Waals surface area contributed by atoms with Gasteiger partial charge in [0, 0.05) is 13.1 Å². The molecular formula is C17H28N2O. The van der Waals surface area contributed by atoms with E-state index >= 15 is 0 Å². The highest BCUT2D eigenvalue weighted by atomic mass is 16.5. The molecule has 0 heterocycles. The molecule has 1 aromatic carbocycles. The van der Waals surface area contributed by atoms with Crippen molar-refractivity contribution in [2.45, 2.75) is 38.9 Å². The van der Waals surface area contributed by atoms with E-state index in [0.717, 1.165) is 38.7 Å². The first-order valence-electron chi connectivity index (χ1n) is 7.95. The number of rotatable bonds is 10. The van der Waals surface area contributed by atoms with Gasteiger partial charge in [-0.2, -0.15) is 0 Å². The molecule has 1 aliphatic rings. The van der Waals surface area contributed by atoms with Crippen LogP contribution in [0.3, 0.4) is 0 Å². The van der Waals surface area contributed by atoms with E-state index in [1.807, 2.05) is 6.07 Å². The standard InChI is InChI=1S/C17H28N2O/c1-2-8-18-9-10-19-13-16-11-17(12-16)20-14-15-6-4-3-5-7-15/h3-7,16-19H,2,8-14H2,1H3. The zero-order valence-electron chi connectivity index (χ0n) is 12.6. The fourth-order valence-corrected chi connectivity index (χ4v) is 2.55. The van der Waals surface area contributed by atoms with Crippen LogP contribution in [0.4, 0.5) is 0 Å².